The number of allylic oxidation sites excluding steroid dienone is 3. The monoisotopic (exact) mass is 180 g/mol. The molecular weight excluding hydrogens is 160 g/mol. The minimum absolute atomic E-state index is 0.135. The van der Waals surface area contributed by atoms with Crippen LogP contribution >= 0.6 is 0 Å². The molecular formula is C12H20O. The quantitative estimate of drug-likeness (QED) is 0.468. The molecule has 1 unspecified atom stereocenters. The molecule has 0 aromatic carbocycles. The molecule has 1 nitrogen and oxygen atoms in total. The third-order valence-corrected chi connectivity index (χ3v) is 1.84. The van der Waals surface area contributed by atoms with Gasteiger partial charge in [0.25, 0.3) is 0 Å². The fourth-order valence-corrected chi connectivity index (χ4v) is 1.21. The summed E-state index contributed by atoms with van der Waals surface area (Å²) in [6.45, 7) is 11.8. The molecule has 0 saturated carbocycles. The van der Waals surface area contributed by atoms with Gasteiger partial charge in [0.2, 0.25) is 0 Å². The number of carbonyl (C=O) groups excluding carboxylic acids is 1. The second-order valence-corrected chi connectivity index (χ2v) is 4.11. The Bertz CT molecular complexity index is 211. The minimum atomic E-state index is 0.135. The van der Waals surface area contributed by atoms with Crippen LogP contribution in [0.2, 0.25) is 0 Å². The second kappa shape index (κ2) is 5.74. The van der Waals surface area contributed by atoms with Gasteiger partial charge in [-0.1, -0.05) is 39.0 Å². The Morgan fingerprint density at radius 3 is 2.23 bits per heavy atom. The van der Waals surface area contributed by atoms with Gasteiger partial charge >= 0.3 is 0 Å². The van der Waals surface area contributed by atoms with E-state index in [0.29, 0.717) is 5.92 Å². The molecule has 0 rings (SSSR count). The molecule has 0 aromatic heterocycles. The summed E-state index contributed by atoms with van der Waals surface area (Å²) in [4.78, 5) is 11.5. The molecule has 0 bridgehead atoms. The SMILES string of the molecule is C=C(C)/C=C/C(=O)C(C)CC(C)C. The lowest BCUT2D eigenvalue weighted by atomic mass is 9.95. The maximum atomic E-state index is 11.5. The molecule has 0 aliphatic rings. The first-order chi connectivity index (χ1) is 5.93. The van der Waals surface area contributed by atoms with Crippen LogP contribution in [0.15, 0.2) is 24.3 Å². The summed E-state index contributed by atoms with van der Waals surface area (Å²) in [7, 11) is 0. The molecule has 0 aromatic rings. The summed E-state index contributed by atoms with van der Waals surface area (Å²) >= 11 is 0. The average Bonchev–Trinajstić information content (AvgIpc) is 1.98. The van der Waals surface area contributed by atoms with Gasteiger partial charge in [-0.3, -0.25) is 4.79 Å². The fraction of sp³-hybridized carbons (Fsp3) is 0.583. The fourth-order valence-electron chi connectivity index (χ4n) is 1.21. The van der Waals surface area contributed by atoms with Crippen molar-refractivity contribution in [2.75, 3.05) is 0 Å². The molecule has 0 aliphatic carbocycles. The molecule has 74 valence electrons. The molecule has 13 heavy (non-hydrogen) atoms. The molecule has 0 heterocycles. The van der Waals surface area contributed by atoms with Gasteiger partial charge in [-0.25, -0.2) is 0 Å². The highest BCUT2D eigenvalue weighted by molar-refractivity contribution is 5.91. The van der Waals surface area contributed by atoms with Crippen molar-refractivity contribution in [2.45, 2.75) is 34.1 Å². The van der Waals surface area contributed by atoms with E-state index in [2.05, 4.69) is 20.4 Å². The number of rotatable bonds is 5. The van der Waals surface area contributed by atoms with Crippen LogP contribution in [0.3, 0.4) is 0 Å². The Hall–Kier alpha value is -0.850. The van der Waals surface area contributed by atoms with Crippen LogP contribution in [0, 0.1) is 11.8 Å². The zero-order chi connectivity index (χ0) is 10.4. The van der Waals surface area contributed by atoms with Crippen LogP contribution < -0.4 is 0 Å². The first-order valence-electron chi connectivity index (χ1n) is 4.81. The molecule has 0 N–H and O–H groups in total. The van der Waals surface area contributed by atoms with E-state index in [1.54, 1.807) is 12.2 Å². The van der Waals surface area contributed by atoms with Crippen molar-refractivity contribution in [3.05, 3.63) is 24.3 Å². The topological polar surface area (TPSA) is 17.1 Å². The average molecular weight is 180 g/mol. The predicted molar refractivity (Wildman–Crippen MR) is 57.6 cm³/mol. The van der Waals surface area contributed by atoms with Crippen molar-refractivity contribution in [3.8, 4) is 0 Å². The van der Waals surface area contributed by atoms with E-state index in [0.717, 1.165) is 12.0 Å². The summed E-state index contributed by atoms with van der Waals surface area (Å²) in [5.74, 6) is 0.921. The van der Waals surface area contributed by atoms with Gasteiger partial charge in [0.15, 0.2) is 5.78 Å². The van der Waals surface area contributed by atoms with Gasteiger partial charge in [-0.2, -0.15) is 0 Å². The number of hydrogen-bond donors (Lipinski definition) is 0. The van der Waals surface area contributed by atoms with Crippen molar-refractivity contribution in [1.29, 1.82) is 0 Å². The highest BCUT2D eigenvalue weighted by Crippen LogP contribution is 2.12. The van der Waals surface area contributed by atoms with Gasteiger partial charge in [-0.05, 0) is 25.3 Å². The van der Waals surface area contributed by atoms with Crippen molar-refractivity contribution in [3.63, 3.8) is 0 Å². The van der Waals surface area contributed by atoms with E-state index in [1.165, 1.54) is 0 Å². The minimum Gasteiger partial charge on any atom is -0.295 e. The van der Waals surface area contributed by atoms with Crippen molar-refractivity contribution < 1.29 is 4.79 Å². The van der Waals surface area contributed by atoms with Gasteiger partial charge in [0.1, 0.15) is 0 Å². The van der Waals surface area contributed by atoms with E-state index in [9.17, 15) is 4.79 Å². The summed E-state index contributed by atoms with van der Waals surface area (Å²) in [6.07, 6.45) is 4.37. The van der Waals surface area contributed by atoms with E-state index >= 15 is 0 Å². The molecule has 0 spiro atoms. The standard InChI is InChI=1S/C12H20O/c1-9(2)6-7-12(13)11(5)8-10(3)4/h6-7,10-11H,1,8H2,2-5H3/b7-6+. The Morgan fingerprint density at radius 1 is 1.31 bits per heavy atom. The van der Waals surface area contributed by atoms with Crippen LogP contribution in [0.4, 0.5) is 0 Å². The summed E-state index contributed by atoms with van der Waals surface area (Å²) < 4.78 is 0. The van der Waals surface area contributed by atoms with Crippen LogP contribution in [-0.2, 0) is 4.79 Å². The van der Waals surface area contributed by atoms with Gasteiger partial charge in [0.05, 0.1) is 0 Å². The first kappa shape index (κ1) is 12.2. The third kappa shape index (κ3) is 6.32. The number of hydrogen-bond acceptors (Lipinski definition) is 1. The Balaban J connectivity index is 4.03. The van der Waals surface area contributed by atoms with E-state index in [1.807, 2.05) is 13.8 Å². The maximum absolute atomic E-state index is 11.5. The van der Waals surface area contributed by atoms with E-state index < -0.39 is 0 Å². The number of ketones is 1. The second-order valence-electron chi connectivity index (χ2n) is 4.11. The normalized spacial score (nSPS) is 13.6. The molecule has 0 fully saturated rings. The summed E-state index contributed by atoms with van der Waals surface area (Å²) in [5.41, 5.74) is 0.921. The summed E-state index contributed by atoms with van der Waals surface area (Å²) in [5, 5.41) is 0. The third-order valence-electron chi connectivity index (χ3n) is 1.84. The Labute approximate surface area is 81.5 Å². The van der Waals surface area contributed by atoms with Crippen LogP contribution in [0.1, 0.15) is 34.1 Å². The van der Waals surface area contributed by atoms with Crippen molar-refractivity contribution >= 4 is 5.78 Å². The van der Waals surface area contributed by atoms with E-state index in [-0.39, 0.29) is 11.7 Å². The smallest absolute Gasteiger partial charge is 0.158 e. The zero-order valence-corrected chi connectivity index (χ0v) is 9.13. The lowest BCUT2D eigenvalue weighted by Gasteiger charge is -2.09. The van der Waals surface area contributed by atoms with Crippen LogP contribution in [0.25, 0.3) is 0 Å². The Kier molecular flexibility index (Phi) is 5.36. The lowest BCUT2D eigenvalue weighted by molar-refractivity contribution is -0.118. The van der Waals surface area contributed by atoms with Crippen LogP contribution in [0.5, 0.6) is 0 Å². The Morgan fingerprint density at radius 2 is 1.85 bits per heavy atom. The van der Waals surface area contributed by atoms with Gasteiger partial charge < -0.3 is 0 Å². The lowest BCUT2D eigenvalue weighted by Crippen LogP contribution is -2.10. The molecule has 0 amide bonds. The summed E-state index contributed by atoms with van der Waals surface area (Å²) in [6, 6.07) is 0. The maximum Gasteiger partial charge on any atom is 0.158 e. The molecule has 0 aliphatic heterocycles. The molecule has 0 saturated heterocycles. The first-order valence-corrected chi connectivity index (χ1v) is 4.81. The van der Waals surface area contributed by atoms with Gasteiger partial charge in [0, 0.05) is 5.92 Å². The highest BCUT2D eigenvalue weighted by atomic mass is 16.1. The molecule has 1 atom stereocenters. The zero-order valence-electron chi connectivity index (χ0n) is 9.13. The van der Waals surface area contributed by atoms with Gasteiger partial charge in [-0.15, -0.1) is 0 Å². The number of carbonyl (C=O) groups is 1. The van der Waals surface area contributed by atoms with Crippen molar-refractivity contribution in [1.82, 2.24) is 0 Å². The predicted octanol–water partition coefficient (Wildman–Crippen LogP) is 3.37. The molecule has 0 radical (unpaired) electrons. The van der Waals surface area contributed by atoms with E-state index in [4.69, 9.17) is 0 Å². The van der Waals surface area contributed by atoms with Crippen molar-refractivity contribution in [2.24, 2.45) is 11.8 Å². The highest BCUT2D eigenvalue weighted by Gasteiger charge is 2.10. The van der Waals surface area contributed by atoms with Crippen LogP contribution in [-0.4, -0.2) is 5.78 Å². The molecule has 1 heteroatoms. The largest absolute Gasteiger partial charge is 0.295 e.